The van der Waals surface area contributed by atoms with Gasteiger partial charge in [0.2, 0.25) is 0 Å². The summed E-state index contributed by atoms with van der Waals surface area (Å²) in [5, 5.41) is 8.03. The predicted octanol–water partition coefficient (Wildman–Crippen LogP) is 4.17. The van der Waals surface area contributed by atoms with Crippen LogP contribution < -0.4 is 5.32 Å². The molecule has 3 heteroatoms. The third kappa shape index (κ3) is 3.46. The van der Waals surface area contributed by atoms with Crippen molar-refractivity contribution in [2.45, 2.75) is 45.7 Å². The van der Waals surface area contributed by atoms with E-state index in [-0.39, 0.29) is 0 Å². The van der Waals surface area contributed by atoms with Crippen molar-refractivity contribution < 1.29 is 0 Å². The zero-order valence-electron chi connectivity index (χ0n) is 13.0. The number of anilines is 1. The summed E-state index contributed by atoms with van der Waals surface area (Å²) < 4.78 is 1.96. The first-order chi connectivity index (χ1) is 10.2. The fourth-order valence-electron chi connectivity index (χ4n) is 3.34. The van der Waals surface area contributed by atoms with Gasteiger partial charge in [-0.25, -0.2) is 0 Å². The molecule has 2 aromatic rings. The summed E-state index contributed by atoms with van der Waals surface area (Å²) in [6, 6.07) is 11.3. The summed E-state index contributed by atoms with van der Waals surface area (Å²) in [6.07, 6.45) is 7.84. The molecule has 1 saturated carbocycles. The molecule has 1 aliphatic carbocycles. The summed E-state index contributed by atoms with van der Waals surface area (Å²) in [5.74, 6) is 1.57. The molecule has 21 heavy (non-hydrogen) atoms. The summed E-state index contributed by atoms with van der Waals surface area (Å²) in [6.45, 7) is 5.60. The van der Waals surface area contributed by atoms with E-state index in [1.165, 1.54) is 30.5 Å². The monoisotopic (exact) mass is 283 g/mol. The molecule has 3 atom stereocenters. The van der Waals surface area contributed by atoms with E-state index >= 15 is 0 Å². The van der Waals surface area contributed by atoms with Gasteiger partial charge in [0.15, 0.2) is 0 Å². The highest BCUT2D eigenvalue weighted by Crippen LogP contribution is 2.31. The van der Waals surface area contributed by atoms with Crippen molar-refractivity contribution in [3.05, 3.63) is 48.3 Å². The van der Waals surface area contributed by atoms with Gasteiger partial charge >= 0.3 is 0 Å². The van der Waals surface area contributed by atoms with Crippen LogP contribution in [-0.2, 0) is 6.54 Å². The molecule has 1 aliphatic rings. The van der Waals surface area contributed by atoms with Crippen LogP contribution in [0.1, 0.15) is 38.7 Å². The first-order valence-electron chi connectivity index (χ1n) is 8.05. The van der Waals surface area contributed by atoms with Gasteiger partial charge in [-0.05, 0) is 42.0 Å². The van der Waals surface area contributed by atoms with E-state index in [1.807, 2.05) is 23.1 Å². The van der Waals surface area contributed by atoms with Crippen molar-refractivity contribution in [1.29, 1.82) is 0 Å². The second-order valence-corrected chi connectivity index (χ2v) is 6.42. The highest BCUT2D eigenvalue weighted by atomic mass is 15.3. The largest absolute Gasteiger partial charge is 0.382 e. The highest BCUT2D eigenvalue weighted by molar-refractivity contribution is 5.46. The van der Waals surface area contributed by atoms with Crippen LogP contribution in [0.3, 0.4) is 0 Å². The van der Waals surface area contributed by atoms with Crippen LogP contribution in [0.2, 0.25) is 0 Å². The number of aromatic nitrogens is 2. The molecule has 0 radical (unpaired) electrons. The lowest BCUT2D eigenvalue weighted by molar-refractivity contribution is 0.253. The molecule has 1 N–H and O–H groups in total. The average Bonchev–Trinajstić information content (AvgIpc) is 2.97. The van der Waals surface area contributed by atoms with Crippen molar-refractivity contribution in [3.63, 3.8) is 0 Å². The van der Waals surface area contributed by atoms with E-state index in [1.54, 1.807) is 0 Å². The standard InChI is InChI=1S/C18H25N3/c1-14-6-3-9-18(15(14)2)20-17-8-4-7-16(12-17)13-21-11-5-10-19-21/h4-5,7-8,10-12,14-15,18,20H,3,6,9,13H2,1-2H3. The Morgan fingerprint density at radius 2 is 2.14 bits per heavy atom. The Hall–Kier alpha value is -1.77. The lowest BCUT2D eigenvalue weighted by Crippen LogP contribution is -2.35. The maximum atomic E-state index is 4.28. The van der Waals surface area contributed by atoms with Crippen LogP contribution >= 0.6 is 0 Å². The number of hydrogen-bond acceptors (Lipinski definition) is 2. The third-order valence-corrected chi connectivity index (χ3v) is 4.89. The van der Waals surface area contributed by atoms with Crippen molar-refractivity contribution in [3.8, 4) is 0 Å². The van der Waals surface area contributed by atoms with Gasteiger partial charge in [0, 0.05) is 24.1 Å². The second-order valence-electron chi connectivity index (χ2n) is 6.42. The van der Waals surface area contributed by atoms with Crippen molar-refractivity contribution in [2.75, 3.05) is 5.32 Å². The molecule has 0 spiro atoms. The molecule has 112 valence electrons. The number of benzene rings is 1. The predicted molar refractivity (Wildman–Crippen MR) is 87.4 cm³/mol. The number of hydrogen-bond donors (Lipinski definition) is 1. The SMILES string of the molecule is CC1CCCC(Nc2cccc(Cn3cccn3)c2)C1C. The van der Waals surface area contributed by atoms with Gasteiger partial charge in [0.25, 0.3) is 0 Å². The van der Waals surface area contributed by atoms with E-state index in [9.17, 15) is 0 Å². The van der Waals surface area contributed by atoms with Gasteiger partial charge < -0.3 is 5.32 Å². The first kappa shape index (κ1) is 14.2. The number of nitrogens with zero attached hydrogens (tertiary/aromatic N) is 2. The van der Waals surface area contributed by atoms with Crippen LogP contribution in [0, 0.1) is 11.8 Å². The van der Waals surface area contributed by atoms with Gasteiger partial charge in [0.1, 0.15) is 0 Å². The van der Waals surface area contributed by atoms with Gasteiger partial charge in [-0.1, -0.05) is 38.8 Å². The van der Waals surface area contributed by atoms with Crippen molar-refractivity contribution in [1.82, 2.24) is 9.78 Å². The Kier molecular flexibility index (Phi) is 4.28. The summed E-state index contributed by atoms with van der Waals surface area (Å²) in [4.78, 5) is 0. The van der Waals surface area contributed by atoms with E-state index in [2.05, 4.69) is 48.5 Å². The molecule has 3 rings (SSSR count). The Morgan fingerprint density at radius 3 is 2.95 bits per heavy atom. The Balaban J connectivity index is 1.68. The Bertz CT molecular complexity index is 562. The zero-order chi connectivity index (χ0) is 14.7. The van der Waals surface area contributed by atoms with Crippen LogP contribution in [0.25, 0.3) is 0 Å². The van der Waals surface area contributed by atoms with Crippen LogP contribution in [0.5, 0.6) is 0 Å². The quantitative estimate of drug-likeness (QED) is 0.912. The third-order valence-electron chi connectivity index (χ3n) is 4.89. The fraction of sp³-hybridized carbons (Fsp3) is 0.500. The normalized spacial score (nSPS) is 25.7. The fourth-order valence-corrected chi connectivity index (χ4v) is 3.34. The van der Waals surface area contributed by atoms with Crippen molar-refractivity contribution >= 4 is 5.69 Å². The average molecular weight is 283 g/mol. The van der Waals surface area contributed by atoms with Crippen molar-refractivity contribution in [2.24, 2.45) is 11.8 Å². The molecule has 1 aromatic carbocycles. The van der Waals surface area contributed by atoms with E-state index in [0.29, 0.717) is 6.04 Å². The Morgan fingerprint density at radius 1 is 1.24 bits per heavy atom. The lowest BCUT2D eigenvalue weighted by atomic mass is 9.78. The van der Waals surface area contributed by atoms with Gasteiger partial charge in [-0.3, -0.25) is 4.68 Å². The molecule has 1 heterocycles. The van der Waals surface area contributed by atoms with Gasteiger partial charge in [0.05, 0.1) is 6.54 Å². The molecule has 3 nitrogen and oxygen atoms in total. The summed E-state index contributed by atoms with van der Waals surface area (Å²) in [5.41, 5.74) is 2.53. The highest BCUT2D eigenvalue weighted by Gasteiger charge is 2.26. The Labute approximate surface area is 127 Å². The second kappa shape index (κ2) is 6.33. The number of nitrogens with one attached hydrogen (secondary N) is 1. The summed E-state index contributed by atoms with van der Waals surface area (Å²) in [7, 11) is 0. The number of rotatable bonds is 4. The van der Waals surface area contributed by atoms with Gasteiger partial charge in [-0.15, -0.1) is 0 Å². The smallest absolute Gasteiger partial charge is 0.0660 e. The minimum atomic E-state index is 0.605. The molecule has 1 fully saturated rings. The molecular formula is C18H25N3. The zero-order valence-corrected chi connectivity index (χ0v) is 13.0. The molecule has 0 aliphatic heterocycles. The minimum absolute atomic E-state index is 0.605. The van der Waals surface area contributed by atoms with E-state index in [4.69, 9.17) is 0 Å². The van der Waals surface area contributed by atoms with E-state index in [0.717, 1.165) is 18.4 Å². The molecular weight excluding hydrogens is 258 g/mol. The maximum absolute atomic E-state index is 4.28. The molecule has 0 saturated heterocycles. The van der Waals surface area contributed by atoms with Crippen LogP contribution in [0.15, 0.2) is 42.7 Å². The minimum Gasteiger partial charge on any atom is -0.382 e. The first-order valence-corrected chi connectivity index (χ1v) is 8.05. The molecule has 0 amide bonds. The lowest BCUT2D eigenvalue weighted by Gasteiger charge is -2.35. The van der Waals surface area contributed by atoms with Gasteiger partial charge in [-0.2, -0.15) is 5.10 Å². The van der Waals surface area contributed by atoms with E-state index < -0.39 is 0 Å². The van der Waals surface area contributed by atoms with Crippen LogP contribution in [-0.4, -0.2) is 15.8 Å². The molecule has 1 aromatic heterocycles. The topological polar surface area (TPSA) is 29.9 Å². The van der Waals surface area contributed by atoms with Crippen LogP contribution in [0.4, 0.5) is 5.69 Å². The summed E-state index contributed by atoms with van der Waals surface area (Å²) >= 11 is 0. The molecule has 3 unspecified atom stereocenters. The molecule has 0 bridgehead atoms. The maximum Gasteiger partial charge on any atom is 0.0660 e.